The Balaban J connectivity index is 1.68. The Bertz CT molecular complexity index is 1110. The van der Waals surface area contributed by atoms with Gasteiger partial charge in [0.2, 0.25) is 11.9 Å². The Kier molecular flexibility index (Phi) is 7.83. The standard InChI is InChI=1S/C26H31N5O3/c1-17-15-18(2)28-24(27-17)30-21-13-11-20(12-14-21)29-23(32)22(16-19-9-7-6-8-10-19)31-25(33)34-26(3,4)5/h6-15,22H,16H2,1-5H3,(H,29,32)(H,31,33)(H,27,28,30). The van der Waals surface area contributed by atoms with Crippen LogP contribution in [-0.4, -0.2) is 33.6 Å². The lowest BCUT2D eigenvalue weighted by Crippen LogP contribution is -2.47. The number of hydrogen-bond acceptors (Lipinski definition) is 6. The van der Waals surface area contributed by atoms with Crippen LogP contribution in [-0.2, 0) is 16.0 Å². The molecule has 0 aliphatic heterocycles. The van der Waals surface area contributed by atoms with Crippen molar-refractivity contribution in [2.75, 3.05) is 10.6 Å². The molecule has 8 nitrogen and oxygen atoms in total. The molecule has 0 bridgehead atoms. The quantitative estimate of drug-likeness (QED) is 0.462. The topological polar surface area (TPSA) is 105 Å². The largest absolute Gasteiger partial charge is 0.444 e. The van der Waals surface area contributed by atoms with Crippen LogP contribution in [0.15, 0.2) is 60.7 Å². The second-order valence-corrected chi connectivity index (χ2v) is 9.05. The summed E-state index contributed by atoms with van der Waals surface area (Å²) in [6.07, 6.45) is -0.313. The fourth-order valence-electron chi connectivity index (χ4n) is 3.29. The Labute approximate surface area is 200 Å². The van der Waals surface area contributed by atoms with Gasteiger partial charge >= 0.3 is 6.09 Å². The molecule has 8 heteroatoms. The van der Waals surface area contributed by atoms with Crippen molar-refractivity contribution in [2.45, 2.75) is 52.7 Å². The number of amides is 2. The summed E-state index contributed by atoms with van der Waals surface area (Å²) in [5.41, 5.74) is 3.39. The number of rotatable bonds is 7. The van der Waals surface area contributed by atoms with E-state index in [1.165, 1.54) is 0 Å². The van der Waals surface area contributed by atoms with E-state index in [4.69, 9.17) is 4.74 Å². The number of carbonyl (C=O) groups excluding carboxylic acids is 2. The normalized spacial score (nSPS) is 11.9. The molecule has 1 unspecified atom stereocenters. The van der Waals surface area contributed by atoms with Crippen molar-refractivity contribution >= 4 is 29.3 Å². The van der Waals surface area contributed by atoms with Crippen LogP contribution >= 0.6 is 0 Å². The number of nitrogens with one attached hydrogen (secondary N) is 3. The monoisotopic (exact) mass is 461 g/mol. The number of anilines is 3. The van der Waals surface area contributed by atoms with Crippen LogP contribution in [0.3, 0.4) is 0 Å². The van der Waals surface area contributed by atoms with Crippen LogP contribution in [0.5, 0.6) is 0 Å². The van der Waals surface area contributed by atoms with Gasteiger partial charge in [-0.05, 0) is 70.5 Å². The van der Waals surface area contributed by atoms with Crippen molar-refractivity contribution in [1.29, 1.82) is 0 Å². The smallest absolute Gasteiger partial charge is 0.408 e. The molecule has 0 aliphatic rings. The number of aryl methyl sites for hydroxylation is 2. The third kappa shape index (κ3) is 7.88. The molecule has 3 rings (SSSR count). The van der Waals surface area contributed by atoms with Gasteiger partial charge in [0.25, 0.3) is 0 Å². The number of carbonyl (C=O) groups is 2. The maximum absolute atomic E-state index is 13.1. The van der Waals surface area contributed by atoms with Crippen molar-refractivity contribution in [1.82, 2.24) is 15.3 Å². The average molecular weight is 462 g/mol. The molecule has 1 aromatic heterocycles. The minimum absolute atomic E-state index is 0.329. The highest BCUT2D eigenvalue weighted by Crippen LogP contribution is 2.18. The minimum atomic E-state index is -0.807. The van der Waals surface area contributed by atoms with E-state index in [1.807, 2.05) is 62.4 Å². The summed E-state index contributed by atoms with van der Waals surface area (Å²) < 4.78 is 5.35. The highest BCUT2D eigenvalue weighted by atomic mass is 16.6. The fraction of sp³-hybridized carbons (Fsp3) is 0.308. The maximum atomic E-state index is 13.1. The molecule has 0 saturated heterocycles. The third-order valence-electron chi connectivity index (χ3n) is 4.68. The Morgan fingerprint density at radius 1 is 0.912 bits per heavy atom. The number of ether oxygens (including phenoxy) is 1. The van der Waals surface area contributed by atoms with E-state index < -0.39 is 17.7 Å². The predicted octanol–water partition coefficient (Wildman–Crippen LogP) is 4.91. The van der Waals surface area contributed by atoms with E-state index >= 15 is 0 Å². The van der Waals surface area contributed by atoms with Crippen LogP contribution < -0.4 is 16.0 Å². The van der Waals surface area contributed by atoms with E-state index in [0.717, 1.165) is 22.6 Å². The second-order valence-electron chi connectivity index (χ2n) is 9.05. The van der Waals surface area contributed by atoms with Crippen molar-refractivity contribution in [3.63, 3.8) is 0 Å². The number of benzene rings is 2. The Morgan fingerprint density at radius 2 is 1.50 bits per heavy atom. The first kappa shape index (κ1) is 24.7. The predicted molar refractivity (Wildman–Crippen MR) is 133 cm³/mol. The molecule has 0 aliphatic carbocycles. The van der Waals surface area contributed by atoms with E-state index in [2.05, 4.69) is 25.9 Å². The van der Waals surface area contributed by atoms with Crippen molar-refractivity contribution in [3.8, 4) is 0 Å². The van der Waals surface area contributed by atoms with E-state index in [1.54, 1.807) is 32.9 Å². The van der Waals surface area contributed by atoms with Crippen molar-refractivity contribution in [3.05, 3.63) is 77.6 Å². The molecule has 2 amide bonds. The van der Waals surface area contributed by atoms with Gasteiger partial charge in [0.15, 0.2) is 0 Å². The molecule has 0 fully saturated rings. The van der Waals surface area contributed by atoms with Gasteiger partial charge in [-0.25, -0.2) is 14.8 Å². The summed E-state index contributed by atoms with van der Waals surface area (Å²) in [4.78, 5) is 34.1. The zero-order valence-electron chi connectivity index (χ0n) is 20.2. The molecule has 3 aromatic rings. The van der Waals surface area contributed by atoms with E-state index in [0.29, 0.717) is 18.1 Å². The molecule has 1 heterocycles. The molecular weight excluding hydrogens is 430 g/mol. The van der Waals surface area contributed by atoms with Gasteiger partial charge in [-0.2, -0.15) is 0 Å². The van der Waals surface area contributed by atoms with Gasteiger partial charge in [0.1, 0.15) is 11.6 Å². The van der Waals surface area contributed by atoms with Crippen molar-refractivity contribution in [2.24, 2.45) is 0 Å². The molecule has 1 atom stereocenters. The summed E-state index contributed by atoms with van der Waals surface area (Å²) in [5.74, 6) is 0.173. The summed E-state index contributed by atoms with van der Waals surface area (Å²) >= 11 is 0. The summed E-state index contributed by atoms with van der Waals surface area (Å²) in [6.45, 7) is 9.15. The Morgan fingerprint density at radius 3 is 2.09 bits per heavy atom. The molecule has 0 radical (unpaired) electrons. The first-order chi connectivity index (χ1) is 16.1. The van der Waals surface area contributed by atoms with Gasteiger partial charge in [-0.3, -0.25) is 4.79 Å². The maximum Gasteiger partial charge on any atom is 0.408 e. The van der Waals surface area contributed by atoms with E-state index in [9.17, 15) is 9.59 Å². The lowest BCUT2D eigenvalue weighted by molar-refractivity contribution is -0.118. The zero-order chi connectivity index (χ0) is 24.7. The molecule has 0 saturated carbocycles. The highest BCUT2D eigenvalue weighted by molar-refractivity contribution is 5.97. The van der Waals surface area contributed by atoms with Crippen LogP contribution in [0.4, 0.5) is 22.1 Å². The summed E-state index contributed by atoms with van der Waals surface area (Å²) in [5, 5.41) is 8.73. The third-order valence-corrected chi connectivity index (χ3v) is 4.68. The summed E-state index contributed by atoms with van der Waals surface area (Å²) in [7, 11) is 0. The lowest BCUT2D eigenvalue weighted by Gasteiger charge is -2.23. The van der Waals surface area contributed by atoms with Crippen LogP contribution in [0.25, 0.3) is 0 Å². The molecule has 0 spiro atoms. The first-order valence-electron chi connectivity index (χ1n) is 11.1. The number of aromatic nitrogens is 2. The van der Waals surface area contributed by atoms with Gasteiger partial charge in [-0.1, -0.05) is 30.3 Å². The highest BCUT2D eigenvalue weighted by Gasteiger charge is 2.25. The van der Waals surface area contributed by atoms with Crippen molar-refractivity contribution < 1.29 is 14.3 Å². The SMILES string of the molecule is Cc1cc(C)nc(Nc2ccc(NC(=O)C(Cc3ccccc3)NC(=O)OC(C)(C)C)cc2)n1. The van der Waals surface area contributed by atoms with E-state index in [-0.39, 0.29) is 5.91 Å². The Hall–Kier alpha value is -3.94. The van der Waals surface area contributed by atoms with Crippen LogP contribution in [0, 0.1) is 13.8 Å². The zero-order valence-corrected chi connectivity index (χ0v) is 20.2. The molecular formula is C26H31N5O3. The second kappa shape index (κ2) is 10.8. The van der Waals surface area contributed by atoms with Gasteiger partial charge in [-0.15, -0.1) is 0 Å². The minimum Gasteiger partial charge on any atom is -0.444 e. The van der Waals surface area contributed by atoms with Crippen LogP contribution in [0.1, 0.15) is 37.7 Å². The van der Waals surface area contributed by atoms with Gasteiger partial charge in [0.05, 0.1) is 0 Å². The molecule has 178 valence electrons. The summed E-state index contributed by atoms with van der Waals surface area (Å²) in [6, 6.07) is 17.8. The number of nitrogens with zero attached hydrogens (tertiary/aromatic N) is 2. The molecule has 3 N–H and O–H groups in total. The van der Waals surface area contributed by atoms with Crippen LogP contribution in [0.2, 0.25) is 0 Å². The number of alkyl carbamates (subject to hydrolysis) is 1. The average Bonchev–Trinajstić information content (AvgIpc) is 2.73. The molecule has 34 heavy (non-hydrogen) atoms. The lowest BCUT2D eigenvalue weighted by atomic mass is 10.1. The van der Waals surface area contributed by atoms with Gasteiger partial charge in [0, 0.05) is 29.2 Å². The fourth-order valence-corrected chi connectivity index (χ4v) is 3.29. The van der Waals surface area contributed by atoms with Gasteiger partial charge < -0.3 is 20.7 Å². The molecule has 2 aromatic carbocycles. The number of hydrogen-bond donors (Lipinski definition) is 3. The first-order valence-corrected chi connectivity index (χ1v) is 11.1.